The van der Waals surface area contributed by atoms with Gasteiger partial charge < -0.3 is 5.73 Å². The largest absolute Gasteiger partial charge is 0.324 e. The average molecular weight is 336 g/mol. The molecule has 0 aliphatic carbocycles. The van der Waals surface area contributed by atoms with Gasteiger partial charge in [0, 0.05) is 12.5 Å². The van der Waals surface area contributed by atoms with Crippen molar-refractivity contribution in [2.75, 3.05) is 0 Å². The first kappa shape index (κ1) is 14.9. The van der Waals surface area contributed by atoms with Gasteiger partial charge in [0.05, 0.1) is 10.0 Å². The zero-order valence-electron chi connectivity index (χ0n) is 10.9. The number of carbonyl (C=O) groups is 1. The van der Waals surface area contributed by atoms with Gasteiger partial charge in [0.15, 0.2) is 5.78 Å². The fraction of sp³-hybridized carbons (Fsp3) is 0.188. The summed E-state index contributed by atoms with van der Waals surface area (Å²) in [6, 6.07) is 14.1. The molecule has 2 N–H and O–H groups in total. The van der Waals surface area contributed by atoms with E-state index in [-0.39, 0.29) is 23.8 Å². The summed E-state index contributed by atoms with van der Waals surface area (Å²) in [6.07, 6.45) is 0.720. The van der Waals surface area contributed by atoms with Crippen LogP contribution in [-0.2, 0) is 0 Å². The highest BCUT2D eigenvalue weighted by Gasteiger charge is 2.15. The standard InChI is InChI=1S/C16H15BrFNO/c17-13-8-4-7-12(16(13)18)15(20)10-9-14(19)11-5-2-1-3-6-11/h1-8,14H,9-10,19H2. The van der Waals surface area contributed by atoms with E-state index in [0.717, 1.165) is 5.56 Å². The zero-order valence-corrected chi connectivity index (χ0v) is 12.4. The number of nitrogens with two attached hydrogens (primary N) is 1. The van der Waals surface area contributed by atoms with E-state index in [1.54, 1.807) is 12.1 Å². The van der Waals surface area contributed by atoms with Crippen molar-refractivity contribution in [2.24, 2.45) is 5.73 Å². The lowest BCUT2D eigenvalue weighted by Crippen LogP contribution is -2.13. The minimum Gasteiger partial charge on any atom is -0.324 e. The Morgan fingerprint density at radius 3 is 2.55 bits per heavy atom. The molecule has 0 fully saturated rings. The molecule has 104 valence electrons. The molecule has 2 nitrogen and oxygen atoms in total. The van der Waals surface area contributed by atoms with Crippen molar-refractivity contribution in [1.82, 2.24) is 0 Å². The molecule has 1 unspecified atom stereocenters. The maximum absolute atomic E-state index is 13.8. The van der Waals surface area contributed by atoms with Crippen LogP contribution in [0, 0.1) is 5.82 Å². The summed E-state index contributed by atoms with van der Waals surface area (Å²) in [5, 5.41) is 0. The van der Waals surface area contributed by atoms with E-state index in [4.69, 9.17) is 5.73 Å². The number of ketones is 1. The van der Waals surface area contributed by atoms with Crippen molar-refractivity contribution in [3.8, 4) is 0 Å². The van der Waals surface area contributed by atoms with Crippen LogP contribution in [0.5, 0.6) is 0 Å². The van der Waals surface area contributed by atoms with E-state index < -0.39 is 5.82 Å². The molecule has 2 aromatic rings. The molecule has 0 aliphatic heterocycles. The van der Waals surface area contributed by atoms with Crippen LogP contribution in [0.2, 0.25) is 0 Å². The SMILES string of the molecule is NC(CCC(=O)c1cccc(Br)c1F)c1ccccc1. The van der Waals surface area contributed by atoms with Gasteiger partial charge in [-0.3, -0.25) is 4.79 Å². The Kier molecular flexibility index (Phi) is 5.04. The van der Waals surface area contributed by atoms with E-state index >= 15 is 0 Å². The lowest BCUT2D eigenvalue weighted by molar-refractivity contribution is 0.0973. The first-order chi connectivity index (χ1) is 9.59. The topological polar surface area (TPSA) is 43.1 Å². The third-order valence-electron chi connectivity index (χ3n) is 3.16. The van der Waals surface area contributed by atoms with Gasteiger partial charge in [0.1, 0.15) is 5.82 Å². The van der Waals surface area contributed by atoms with Crippen LogP contribution in [0.15, 0.2) is 53.0 Å². The van der Waals surface area contributed by atoms with E-state index in [0.29, 0.717) is 10.9 Å². The molecule has 0 aliphatic rings. The van der Waals surface area contributed by atoms with Crippen LogP contribution in [0.3, 0.4) is 0 Å². The predicted molar refractivity (Wildman–Crippen MR) is 81.0 cm³/mol. The number of rotatable bonds is 5. The van der Waals surface area contributed by atoms with Crippen LogP contribution >= 0.6 is 15.9 Å². The van der Waals surface area contributed by atoms with Crippen LogP contribution in [0.4, 0.5) is 4.39 Å². The van der Waals surface area contributed by atoms with E-state index in [1.165, 1.54) is 6.07 Å². The van der Waals surface area contributed by atoms with Crippen molar-refractivity contribution in [3.63, 3.8) is 0 Å². The van der Waals surface area contributed by atoms with Crippen LogP contribution in [0.25, 0.3) is 0 Å². The molecule has 0 saturated carbocycles. The minimum absolute atomic E-state index is 0.111. The summed E-state index contributed by atoms with van der Waals surface area (Å²) in [6.45, 7) is 0. The Labute approximate surface area is 125 Å². The number of carbonyl (C=O) groups excluding carboxylic acids is 1. The Morgan fingerprint density at radius 2 is 1.85 bits per heavy atom. The van der Waals surface area contributed by atoms with E-state index in [2.05, 4.69) is 15.9 Å². The molecule has 1 atom stereocenters. The number of halogens is 2. The average Bonchev–Trinajstić information content (AvgIpc) is 2.48. The summed E-state index contributed by atoms with van der Waals surface area (Å²) < 4.78 is 14.1. The third kappa shape index (κ3) is 3.52. The number of hydrogen-bond acceptors (Lipinski definition) is 2. The van der Waals surface area contributed by atoms with Gasteiger partial charge in [-0.05, 0) is 40.0 Å². The maximum Gasteiger partial charge on any atom is 0.165 e. The fourth-order valence-corrected chi connectivity index (χ4v) is 2.37. The van der Waals surface area contributed by atoms with Gasteiger partial charge in [-0.15, -0.1) is 0 Å². The summed E-state index contributed by atoms with van der Waals surface area (Å²) >= 11 is 3.08. The molecular formula is C16H15BrFNO. The first-order valence-corrected chi connectivity index (χ1v) is 7.16. The molecule has 20 heavy (non-hydrogen) atoms. The first-order valence-electron chi connectivity index (χ1n) is 6.37. The lowest BCUT2D eigenvalue weighted by Gasteiger charge is -2.11. The molecule has 4 heteroatoms. The normalized spacial score (nSPS) is 12.2. The molecule has 2 aromatic carbocycles. The molecule has 0 aromatic heterocycles. The quantitative estimate of drug-likeness (QED) is 0.830. The lowest BCUT2D eigenvalue weighted by atomic mass is 9.99. The third-order valence-corrected chi connectivity index (χ3v) is 3.77. The molecule has 0 heterocycles. The zero-order chi connectivity index (χ0) is 14.5. The van der Waals surface area contributed by atoms with Crippen molar-refractivity contribution in [3.05, 3.63) is 69.9 Å². The van der Waals surface area contributed by atoms with Gasteiger partial charge in [0.25, 0.3) is 0 Å². The highest BCUT2D eigenvalue weighted by Crippen LogP contribution is 2.22. The van der Waals surface area contributed by atoms with Gasteiger partial charge in [-0.2, -0.15) is 0 Å². The van der Waals surface area contributed by atoms with E-state index in [1.807, 2.05) is 30.3 Å². The highest BCUT2D eigenvalue weighted by molar-refractivity contribution is 9.10. The Bertz CT molecular complexity index is 601. The fourth-order valence-electron chi connectivity index (χ4n) is 2.01. The molecular weight excluding hydrogens is 321 g/mol. The summed E-state index contributed by atoms with van der Waals surface area (Å²) in [5.41, 5.74) is 7.13. The summed E-state index contributed by atoms with van der Waals surface area (Å²) in [5.74, 6) is -0.735. The minimum atomic E-state index is -0.509. The Balaban J connectivity index is 2.01. The van der Waals surface area contributed by atoms with Crippen LogP contribution in [-0.4, -0.2) is 5.78 Å². The van der Waals surface area contributed by atoms with Gasteiger partial charge in [-0.1, -0.05) is 36.4 Å². The molecule has 0 saturated heterocycles. The van der Waals surface area contributed by atoms with Crippen molar-refractivity contribution in [1.29, 1.82) is 0 Å². The molecule has 0 bridgehead atoms. The maximum atomic E-state index is 13.8. The summed E-state index contributed by atoms with van der Waals surface area (Å²) in [4.78, 5) is 12.0. The number of Topliss-reactive ketones (excluding diaryl/α,β-unsaturated/α-hetero) is 1. The van der Waals surface area contributed by atoms with E-state index in [9.17, 15) is 9.18 Å². The number of benzene rings is 2. The monoisotopic (exact) mass is 335 g/mol. The Morgan fingerprint density at radius 1 is 1.15 bits per heavy atom. The van der Waals surface area contributed by atoms with Crippen molar-refractivity contribution in [2.45, 2.75) is 18.9 Å². The highest BCUT2D eigenvalue weighted by atomic mass is 79.9. The van der Waals surface area contributed by atoms with Crippen LogP contribution in [0.1, 0.15) is 34.8 Å². The predicted octanol–water partition coefficient (Wildman–Crippen LogP) is 4.25. The second-order valence-electron chi connectivity index (χ2n) is 4.58. The smallest absolute Gasteiger partial charge is 0.165 e. The molecule has 0 spiro atoms. The van der Waals surface area contributed by atoms with Gasteiger partial charge in [0.2, 0.25) is 0 Å². The Hall–Kier alpha value is -1.52. The van der Waals surface area contributed by atoms with Gasteiger partial charge in [-0.25, -0.2) is 4.39 Å². The summed E-state index contributed by atoms with van der Waals surface area (Å²) in [7, 11) is 0. The van der Waals surface area contributed by atoms with Crippen LogP contribution < -0.4 is 5.73 Å². The second kappa shape index (κ2) is 6.77. The van der Waals surface area contributed by atoms with Crippen molar-refractivity contribution >= 4 is 21.7 Å². The second-order valence-corrected chi connectivity index (χ2v) is 5.43. The number of hydrogen-bond donors (Lipinski definition) is 1. The molecule has 0 radical (unpaired) electrons. The molecule has 2 rings (SSSR count). The van der Waals surface area contributed by atoms with Gasteiger partial charge >= 0.3 is 0 Å². The molecule has 0 amide bonds. The van der Waals surface area contributed by atoms with Crippen molar-refractivity contribution < 1.29 is 9.18 Å².